The second-order valence-corrected chi connectivity index (χ2v) is 6.65. The number of piperidine rings is 1. The summed E-state index contributed by atoms with van der Waals surface area (Å²) in [6.45, 7) is 9.05. The molecule has 1 aliphatic rings. The van der Waals surface area contributed by atoms with E-state index in [1.165, 1.54) is 17.5 Å². The van der Waals surface area contributed by atoms with Gasteiger partial charge >= 0.3 is 0 Å². The summed E-state index contributed by atoms with van der Waals surface area (Å²) in [4.78, 5) is 14.8. The Kier molecular flexibility index (Phi) is 5.04. The van der Waals surface area contributed by atoms with Crippen molar-refractivity contribution in [3.05, 3.63) is 35.4 Å². The highest BCUT2D eigenvalue weighted by molar-refractivity contribution is 5.79. The average molecular weight is 288 g/mol. The zero-order valence-corrected chi connectivity index (χ0v) is 13.7. The number of likely N-dealkylation sites (tertiary alicyclic amines) is 1. The maximum atomic E-state index is 12.8. The highest BCUT2D eigenvalue weighted by Crippen LogP contribution is 2.36. The molecule has 1 aromatic rings. The van der Waals surface area contributed by atoms with E-state index in [1.54, 1.807) is 0 Å². The second-order valence-electron chi connectivity index (χ2n) is 6.65. The van der Waals surface area contributed by atoms with E-state index in [-0.39, 0.29) is 23.9 Å². The van der Waals surface area contributed by atoms with Crippen LogP contribution < -0.4 is 5.73 Å². The van der Waals surface area contributed by atoms with Crippen LogP contribution in [0.25, 0.3) is 0 Å². The number of nitrogens with two attached hydrogens (primary N) is 1. The van der Waals surface area contributed by atoms with E-state index in [1.807, 2.05) is 13.8 Å². The molecular weight excluding hydrogens is 260 g/mol. The fourth-order valence-electron chi connectivity index (χ4n) is 3.19. The molecule has 0 saturated carbocycles. The van der Waals surface area contributed by atoms with E-state index in [0.717, 1.165) is 13.0 Å². The van der Waals surface area contributed by atoms with Gasteiger partial charge in [0.15, 0.2) is 0 Å². The molecule has 1 amide bonds. The van der Waals surface area contributed by atoms with Gasteiger partial charge in [0, 0.05) is 12.6 Å². The number of amides is 1. The number of hydrogen-bond acceptors (Lipinski definition) is 2. The van der Waals surface area contributed by atoms with Crippen molar-refractivity contribution in [3.63, 3.8) is 0 Å². The van der Waals surface area contributed by atoms with Gasteiger partial charge in [-0.1, -0.05) is 43.7 Å². The van der Waals surface area contributed by atoms with E-state index < -0.39 is 0 Å². The summed E-state index contributed by atoms with van der Waals surface area (Å²) in [5.41, 5.74) is 8.44. The highest BCUT2D eigenvalue weighted by Gasteiger charge is 2.35. The van der Waals surface area contributed by atoms with Gasteiger partial charge in [-0.3, -0.25) is 4.79 Å². The molecule has 2 N–H and O–H groups in total. The monoisotopic (exact) mass is 288 g/mol. The molecule has 4 unspecified atom stereocenters. The molecule has 1 saturated heterocycles. The zero-order valence-electron chi connectivity index (χ0n) is 13.7. The number of hydrogen-bond donors (Lipinski definition) is 1. The fourth-order valence-corrected chi connectivity index (χ4v) is 3.19. The summed E-state index contributed by atoms with van der Waals surface area (Å²) in [5, 5.41) is 0. The van der Waals surface area contributed by atoms with E-state index in [4.69, 9.17) is 5.73 Å². The number of nitrogens with zero attached hydrogens (tertiary/aromatic N) is 1. The summed E-state index contributed by atoms with van der Waals surface area (Å²) in [6.07, 6.45) is 2.26. The van der Waals surface area contributed by atoms with E-state index in [0.29, 0.717) is 5.92 Å². The van der Waals surface area contributed by atoms with Crippen LogP contribution in [0, 0.1) is 18.8 Å². The number of aryl methyl sites for hydroxylation is 1. The standard InChI is InChI=1S/C18H28N2O/c1-12-7-9-16(10-8-12)17-13(2)6-5-11-20(17)18(21)14(3)15(4)19/h7-10,13-15,17H,5-6,11,19H2,1-4H3. The van der Waals surface area contributed by atoms with Crippen LogP contribution in [-0.2, 0) is 4.79 Å². The van der Waals surface area contributed by atoms with Crippen LogP contribution in [0.3, 0.4) is 0 Å². The second kappa shape index (κ2) is 6.61. The molecule has 0 spiro atoms. The number of carbonyl (C=O) groups is 1. The first-order valence-electron chi connectivity index (χ1n) is 8.04. The lowest BCUT2D eigenvalue weighted by molar-refractivity contribution is -0.141. The van der Waals surface area contributed by atoms with Crippen LogP contribution >= 0.6 is 0 Å². The molecular formula is C18H28N2O. The molecule has 1 aromatic carbocycles. The Morgan fingerprint density at radius 2 is 1.90 bits per heavy atom. The van der Waals surface area contributed by atoms with E-state index in [2.05, 4.69) is 43.0 Å². The van der Waals surface area contributed by atoms with Crippen molar-refractivity contribution >= 4 is 5.91 Å². The van der Waals surface area contributed by atoms with Gasteiger partial charge in [0.05, 0.1) is 12.0 Å². The number of benzene rings is 1. The van der Waals surface area contributed by atoms with Crippen LogP contribution in [-0.4, -0.2) is 23.4 Å². The van der Waals surface area contributed by atoms with Crippen molar-refractivity contribution in [3.8, 4) is 0 Å². The van der Waals surface area contributed by atoms with Gasteiger partial charge in [0.25, 0.3) is 0 Å². The Bertz CT molecular complexity index is 480. The first-order valence-corrected chi connectivity index (χ1v) is 8.04. The van der Waals surface area contributed by atoms with E-state index in [9.17, 15) is 4.79 Å². The van der Waals surface area contributed by atoms with Crippen LogP contribution in [0.4, 0.5) is 0 Å². The summed E-state index contributed by atoms with van der Waals surface area (Å²) in [6, 6.07) is 8.68. The lowest BCUT2D eigenvalue weighted by Crippen LogP contribution is -2.47. The minimum absolute atomic E-state index is 0.103. The largest absolute Gasteiger partial charge is 0.335 e. The Morgan fingerprint density at radius 1 is 1.29 bits per heavy atom. The molecule has 0 bridgehead atoms. The molecule has 1 fully saturated rings. The van der Waals surface area contributed by atoms with Gasteiger partial charge in [-0.2, -0.15) is 0 Å². The van der Waals surface area contributed by atoms with Gasteiger partial charge in [-0.05, 0) is 38.2 Å². The molecule has 3 nitrogen and oxygen atoms in total. The summed E-state index contributed by atoms with van der Waals surface area (Å²) in [5.74, 6) is 0.566. The maximum absolute atomic E-state index is 12.8. The lowest BCUT2D eigenvalue weighted by atomic mass is 9.84. The predicted molar refractivity (Wildman–Crippen MR) is 86.8 cm³/mol. The number of rotatable bonds is 3. The fraction of sp³-hybridized carbons (Fsp3) is 0.611. The van der Waals surface area contributed by atoms with Crippen LogP contribution in [0.5, 0.6) is 0 Å². The van der Waals surface area contributed by atoms with Crippen molar-refractivity contribution in [1.29, 1.82) is 0 Å². The number of carbonyl (C=O) groups excluding carboxylic acids is 1. The molecule has 1 heterocycles. The molecule has 0 aliphatic carbocycles. The topological polar surface area (TPSA) is 46.3 Å². The normalized spacial score (nSPS) is 25.5. The van der Waals surface area contributed by atoms with Gasteiger partial charge in [0.2, 0.25) is 5.91 Å². The van der Waals surface area contributed by atoms with Gasteiger partial charge < -0.3 is 10.6 Å². The Balaban J connectivity index is 2.29. The maximum Gasteiger partial charge on any atom is 0.227 e. The van der Waals surface area contributed by atoms with Crippen LogP contribution in [0.2, 0.25) is 0 Å². The van der Waals surface area contributed by atoms with E-state index >= 15 is 0 Å². The third-order valence-corrected chi connectivity index (χ3v) is 4.81. The molecule has 1 aliphatic heterocycles. The summed E-state index contributed by atoms with van der Waals surface area (Å²) < 4.78 is 0. The average Bonchev–Trinajstić information content (AvgIpc) is 2.46. The minimum atomic E-state index is -0.122. The van der Waals surface area contributed by atoms with Gasteiger partial charge in [0.1, 0.15) is 0 Å². The van der Waals surface area contributed by atoms with Crippen LogP contribution in [0.1, 0.15) is 50.8 Å². The SMILES string of the molecule is Cc1ccc(C2C(C)CCCN2C(=O)C(C)C(C)N)cc1. The molecule has 21 heavy (non-hydrogen) atoms. The first kappa shape index (κ1) is 16.0. The Hall–Kier alpha value is -1.35. The summed E-state index contributed by atoms with van der Waals surface area (Å²) >= 11 is 0. The molecule has 3 heteroatoms. The van der Waals surface area contributed by atoms with Gasteiger partial charge in [-0.25, -0.2) is 0 Å². The minimum Gasteiger partial charge on any atom is -0.335 e. The molecule has 116 valence electrons. The van der Waals surface area contributed by atoms with Crippen LogP contribution in [0.15, 0.2) is 24.3 Å². The Morgan fingerprint density at radius 3 is 2.48 bits per heavy atom. The van der Waals surface area contributed by atoms with Crippen molar-refractivity contribution in [2.75, 3.05) is 6.54 Å². The summed E-state index contributed by atoms with van der Waals surface area (Å²) in [7, 11) is 0. The first-order chi connectivity index (χ1) is 9.91. The van der Waals surface area contributed by atoms with Crippen molar-refractivity contribution in [2.24, 2.45) is 17.6 Å². The molecule has 2 rings (SSSR count). The van der Waals surface area contributed by atoms with Crippen molar-refractivity contribution in [1.82, 2.24) is 4.90 Å². The highest BCUT2D eigenvalue weighted by atomic mass is 16.2. The molecule has 4 atom stereocenters. The van der Waals surface area contributed by atoms with Crippen molar-refractivity contribution < 1.29 is 4.79 Å². The smallest absolute Gasteiger partial charge is 0.227 e. The van der Waals surface area contributed by atoms with Crippen molar-refractivity contribution in [2.45, 2.75) is 52.6 Å². The molecule has 0 aromatic heterocycles. The third-order valence-electron chi connectivity index (χ3n) is 4.81. The Labute approximate surface area is 128 Å². The third kappa shape index (κ3) is 3.46. The zero-order chi connectivity index (χ0) is 15.6. The quantitative estimate of drug-likeness (QED) is 0.928. The molecule has 0 radical (unpaired) electrons. The van der Waals surface area contributed by atoms with Gasteiger partial charge in [-0.15, -0.1) is 0 Å². The lowest BCUT2D eigenvalue weighted by Gasteiger charge is -2.42. The predicted octanol–water partition coefficient (Wildman–Crippen LogP) is 3.28.